The number of carbonyl (C=O) groups is 2. The van der Waals surface area contributed by atoms with Gasteiger partial charge in [0, 0.05) is 34.0 Å². The fourth-order valence-electron chi connectivity index (χ4n) is 8.57. The molecule has 12 nitrogen and oxygen atoms in total. The predicted octanol–water partition coefficient (Wildman–Crippen LogP) is 0.501. The van der Waals surface area contributed by atoms with Crippen LogP contribution in [0.1, 0.15) is 57.6 Å². The molecule has 0 radical (unpaired) electrons. The number of furan rings is 1. The van der Waals surface area contributed by atoms with Crippen LogP contribution in [0.2, 0.25) is 0 Å². The molecule has 1 spiro atoms. The number of hydrogen-bond acceptors (Lipinski definition) is 11. The van der Waals surface area contributed by atoms with Crippen LogP contribution < -0.4 is 0 Å². The fraction of sp³-hybridized carbons (Fsp3) is 0.714. The van der Waals surface area contributed by atoms with Crippen LogP contribution in [-0.4, -0.2) is 92.6 Å². The lowest BCUT2D eigenvalue weighted by molar-refractivity contribution is -0.359. The number of carboxylic acid groups (broad SMARTS) is 1. The Morgan fingerprint density at radius 3 is 2.40 bits per heavy atom. The highest BCUT2D eigenvalue weighted by Gasteiger charge is 2.82. The van der Waals surface area contributed by atoms with E-state index in [1.807, 2.05) is 0 Å². The average Bonchev–Trinajstić information content (AvgIpc) is 3.59. The molecule has 12 heteroatoms. The Kier molecular flexibility index (Phi) is 8.55. The summed E-state index contributed by atoms with van der Waals surface area (Å²) < 4.78 is 17.0. The summed E-state index contributed by atoms with van der Waals surface area (Å²) in [6.45, 7) is 0.0387. The molecule has 1 saturated heterocycles. The van der Waals surface area contributed by atoms with Crippen LogP contribution in [0.3, 0.4) is 0 Å². The Bertz CT molecular complexity index is 1100. The standard InChI is InChI=1S/C28H40O12/c1-3-16(2)23(36)40-21-4-6-26(14-31)27(9-19(39-24(27)37)17-5-7-38-12-17)18(11-29)8-20(33)28(26,15-32)25(21,13-30)10-22(34)35/h3,5,7,12,18-21,24,29-33,37H,4,6,8-11,13-15H2,1-2H3,(H,34,35)/t18-,19-,20+,21+,24+,25+,26-,27-,28+/m0/s1. The minimum atomic E-state index is -2.00. The fourth-order valence-corrected chi connectivity index (χ4v) is 8.57. The van der Waals surface area contributed by atoms with E-state index >= 15 is 0 Å². The molecule has 7 N–H and O–H groups in total. The zero-order chi connectivity index (χ0) is 29.5. The number of aliphatic carboxylic acids is 1. The van der Waals surface area contributed by atoms with Gasteiger partial charge in [0.05, 0.1) is 56.4 Å². The van der Waals surface area contributed by atoms with Crippen LogP contribution >= 0.6 is 0 Å². The molecule has 9 atom stereocenters. The van der Waals surface area contributed by atoms with Gasteiger partial charge in [0.2, 0.25) is 0 Å². The third-order valence-electron chi connectivity index (χ3n) is 10.6. The summed E-state index contributed by atoms with van der Waals surface area (Å²) in [6, 6.07) is 1.65. The molecule has 0 aromatic carbocycles. The highest BCUT2D eigenvalue weighted by Crippen LogP contribution is 2.77. The number of hydrogen-bond donors (Lipinski definition) is 7. The maximum atomic E-state index is 12.9. The molecule has 2 saturated carbocycles. The molecule has 2 heterocycles. The number of allylic oxidation sites excluding steroid dienone is 1. The number of ether oxygens (including phenoxy) is 2. The molecule has 0 bridgehead atoms. The van der Waals surface area contributed by atoms with Gasteiger partial charge in [-0.25, -0.2) is 4.79 Å². The van der Waals surface area contributed by atoms with E-state index in [1.165, 1.54) is 25.5 Å². The van der Waals surface area contributed by atoms with E-state index in [9.17, 15) is 45.3 Å². The van der Waals surface area contributed by atoms with Crippen molar-refractivity contribution in [2.45, 2.75) is 70.6 Å². The topological polar surface area (TPSA) is 207 Å². The van der Waals surface area contributed by atoms with Gasteiger partial charge in [0.15, 0.2) is 6.29 Å². The Labute approximate surface area is 231 Å². The summed E-state index contributed by atoms with van der Waals surface area (Å²) in [6.07, 6.45) is -1.92. The first-order valence-electron chi connectivity index (χ1n) is 13.5. The molecular formula is C28H40O12. The van der Waals surface area contributed by atoms with Gasteiger partial charge in [-0.2, -0.15) is 0 Å². The van der Waals surface area contributed by atoms with Gasteiger partial charge < -0.3 is 49.6 Å². The monoisotopic (exact) mass is 568 g/mol. The molecule has 1 aromatic rings. The van der Waals surface area contributed by atoms with Gasteiger partial charge in [-0.3, -0.25) is 4.79 Å². The second kappa shape index (κ2) is 11.2. The quantitative estimate of drug-likeness (QED) is 0.161. The first-order chi connectivity index (χ1) is 19.0. The summed E-state index contributed by atoms with van der Waals surface area (Å²) in [4.78, 5) is 25.3. The van der Waals surface area contributed by atoms with E-state index < -0.39 is 97.0 Å². The molecule has 1 aromatic heterocycles. The maximum absolute atomic E-state index is 12.9. The van der Waals surface area contributed by atoms with Crippen molar-refractivity contribution in [3.8, 4) is 0 Å². The molecule has 4 rings (SSSR count). The molecular weight excluding hydrogens is 528 g/mol. The lowest BCUT2D eigenvalue weighted by Crippen LogP contribution is -2.79. The summed E-state index contributed by atoms with van der Waals surface area (Å²) in [5.74, 6) is -2.98. The van der Waals surface area contributed by atoms with Crippen molar-refractivity contribution in [2.24, 2.45) is 27.6 Å². The number of carbonyl (C=O) groups excluding carboxylic acids is 1. The van der Waals surface area contributed by atoms with Gasteiger partial charge in [-0.05, 0) is 51.5 Å². The second-order valence-electron chi connectivity index (χ2n) is 11.6. The average molecular weight is 569 g/mol. The number of aliphatic hydroxyl groups is 6. The van der Waals surface area contributed by atoms with Gasteiger partial charge in [-0.15, -0.1) is 0 Å². The van der Waals surface area contributed by atoms with Crippen LogP contribution in [-0.2, 0) is 19.1 Å². The van der Waals surface area contributed by atoms with Gasteiger partial charge in [-0.1, -0.05) is 6.08 Å². The Morgan fingerprint density at radius 2 is 1.88 bits per heavy atom. The van der Waals surface area contributed by atoms with Crippen molar-refractivity contribution in [3.63, 3.8) is 0 Å². The first kappa shape index (κ1) is 30.6. The highest BCUT2D eigenvalue weighted by atomic mass is 16.6. The summed E-state index contributed by atoms with van der Waals surface area (Å²) >= 11 is 0. The lowest BCUT2D eigenvalue weighted by Gasteiger charge is -2.73. The van der Waals surface area contributed by atoms with E-state index in [2.05, 4.69) is 0 Å². The zero-order valence-corrected chi connectivity index (χ0v) is 22.7. The van der Waals surface area contributed by atoms with Crippen molar-refractivity contribution >= 4 is 11.9 Å². The van der Waals surface area contributed by atoms with Crippen LogP contribution in [0, 0.1) is 27.6 Å². The molecule has 3 aliphatic rings. The molecule has 2 aliphatic carbocycles. The van der Waals surface area contributed by atoms with Crippen molar-refractivity contribution < 1.29 is 59.2 Å². The number of rotatable bonds is 9. The smallest absolute Gasteiger partial charge is 0.333 e. The van der Waals surface area contributed by atoms with Gasteiger partial charge >= 0.3 is 11.9 Å². The SMILES string of the molecule is CC=C(C)C(=O)O[C@@H]1CC[C@]2(CO)[C@@]3(C[C@@H](c4ccoc4)O[C@H]3O)[C@H](CO)C[C@@H](O)[C@]2(CO)[C@@]1(CO)CC(=O)O. The van der Waals surface area contributed by atoms with Gasteiger partial charge in [0.25, 0.3) is 0 Å². The minimum Gasteiger partial charge on any atom is -0.481 e. The molecule has 224 valence electrons. The summed E-state index contributed by atoms with van der Waals surface area (Å²) in [7, 11) is 0. The van der Waals surface area contributed by atoms with Crippen molar-refractivity contribution in [1.82, 2.24) is 0 Å². The van der Waals surface area contributed by atoms with E-state index in [1.54, 1.807) is 13.0 Å². The van der Waals surface area contributed by atoms with Crippen LogP contribution in [0.5, 0.6) is 0 Å². The van der Waals surface area contributed by atoms with Gasteiger partial charge in [0.1, 0.15) is 6.10 Å². The molecule has 0 unspecified atom stereocenters. The number of esters is 1. The third kappa shape index (κ3) is 3.92. The molecule has 40 heavy (non-hydrogen) atoms. The van der Waals surface area contributed by atoms with E-state index in [-0.39, 0.29) is 31.3 Å². The molecule has 3 fully saturated rings. The molecule has 1 aliphatic heterocycles. The normalized spacial score (nSPS) is 41.6. The van der Waals surface area contributed by atoms with Crippen molar-refractivity contribution in [3.05, 3.63) is 35.8 Å². The van der Waals surface area contributed by atoms with Crippen LogP contribution in [0.25, 0.3) is 0 Å². The van der Waals surface area contributed by atoms with E-state index in [0.717, 1.165) is 0 Å². The van der Waals surface area contributed by atoms with Crippen molar-refractivity contribution in [1.29, 1.82) is 0 Å². The van der Waals surface area contributed by atoms with Crippen molar-refractivity contribution in [2.75, 3.05) is 26.4 Å². The molecule has 0 amide bonds. The third-order valence-corrected chi connectivity index (χ3v) is 10.6. The number of carboxylic acids is 1. The van der Waals surface area contributed by atoms with E-state index in [4.69, 9.17) is 13.9 Å². The Balaban J connectivity index is 1.99. The highest BCUT2D eigenvalue weighted by molar-refractivity contribution is 5.87. The largest absolute Gasteiger partial charge is 0.481 e. The predicted molar refractivity (Wildman–Crippen MR) is 136 cm³/mol. The summed E-state index contributed by atoms with van der Waals surface area (Å²) in [5.41, 5.74) is -6.36. The lowest BCUT2D eigenvalue weighted by atomic mass is 9.31. The Hall–Kier alpha value is -2.32. The first-order valence-corrected chi connectivity index (χ1v) is 13.5. The van der Waals surface area contributed by atoms with E-state index in [0.29, 0.717) is 5.56 Å². The van der Waals surface area contributed by atoms with Crippen LogP contribution in [0.15, 0.2) is 34.7 Å². The maximum Gasteiger partial charge on any atom is 0.333 e. The van der Waals surface area contributed by atoms with Crippen LogP contribution in [0.4, 0.5) is 0 Å². The Morgan fingerprint density at radius 1 is 1.15 bits per heavy atom. The number of aliphatic hydroxyl groups excluding tert-OH is 6. The minimum absolute atomic E-state index is 0.0324. The zero-order valence-electron chi connectivity index (χ0n) is 22.7. The second-order valence-corrected chi connectivity index (χ2v) is 11.6. The number of fused-ring (bicyclic) bond motifs is 2. The summed E-state index contributed by atoms with van der Waals surface area (Å²) in [5, 5.41) is 77.7.